The molecule has 5 nitrogen and oxygen atoms in total. The highest BCUT2D eigenvalue weighted by atomic mass is 16.2. The Morgan fingerprint density at radius 1 is 1.06 bits per heavy atom. The Hall–Kier alpha value is -1.10. The van der Waals surface area contributed by atoms with E-state index in [0.717, 1.165) is 25.7 Å². The highest BCUT2D eigenvalue weighted by Crippen LogP contribution is 2.18. The second kappa shape index (κ2) is 6.18. The molecule has 0 saturated heterocycles. The van der Waals surface area contributed by atoms with Gasteiger partial charge in [-0.05, 0) is 32.6 Å². The summed E-state index contributed by atoms with van der Waals surface area (Å²) in [4.78, 5) is 23.3. The van der Waals surface area contributed by atoms with E-state index in [1.807, 2.05) is 0 Å². The first-order chi connectivity index (χ1) is 8.65. The lowest BCUT2D eigenvalue weighted by molar-refractivity contribution is -0.123. The van der Waals surface area contributed by atoms with Crippen molar-refractivity contribution in [3.63, 3.8) is 0 Å². The summed E-state index contributed by atoms with van der Waals surface area (Å²) in [5.41, 5.74) is 0. The predicted octanol–water partition coefficient (Wildman–Crippen LogP) is 0.302. The van der Waals surface area contributed by atoms with Gasteiger partial charge in [0.25, 0.3) is 0 Å². The van der Waals surface area contributed by atoms with Crippen LogP contribution in [-0.4, -0.2) is 36.5 Å². The Labute approximate surface area is 108 Å². The van der Waals surface area contributed by atoms with Crippen LogP contribution in [0.5, 0.6) is 0 Å². The molecule has 0 aromatic carbocycles. The van der Waals surface area contributed by atoms with Crippen molar-refractivity contribution in [1.29, 1.82) is 0 Å². The highest BCUT2D eigenvalue weighted by Gasteiger charge is 2.25. The van der Waals surface area contributed by atoms with Crippen LogP contribution in [0.15, 0.2) is 0 Å². The average Bonchev–Trinajstić information content (AvgIpc) is 3.00. The standard InChI is InChI=1S/C13H23N3O2/c1-9(13(18)16-11-6-7-11)14-8-12(17)15-10-4-2-3-5-10/h9-11,14H,2-8H2,1H3,(H,15,17)(H,16,18). The van der Waals surface area contributed by atoms with Crippen LogP contribution >= 0.6 is 0 Å². The molecule has 1 unspecified atom stereocenters. The van der Waals surface area contributed by atoms with E-state index in [-0.39, 0.29) is 24.4 Å². The monoisotopic (exact) mass is 253 g/mol. The van der Waals surface area contributed by atoms with Crippen molar-refractivity contribution in [3.05, 3.63) is 0 Å². The third-order valence-electron chi connectivity index (χ3n) is 3.61. The van der Waals surface area contributed by atoms with Crippen LogP contribution in [0.3, 0.4) is 0 Å². The van der Waals surface area contributed by atoms with Gasteiger partial charge in [0.15, 0.2) is 0 Å². The fourth-order valence-electron chi connectivity index (χ4n) is 2.24. The molecule has 1 atom stereocenters. The van der Waals surface area contributed by atoms with Crippen molar-refractivity contribution >= 4 is 11.8 Å². The summed E-state index contributed by atoms with van der Waals surface area (Å²) in [5, 5.41) is 8.88. The van der Waals surface area contributed by atoms with Crippen molar-refractivity contribution in [1.82, 2.24) is 16.0 Å². The zero-order valence-electron chi connectivity index (χ0n) is 11.0. The molecule has 2 rings (SSSR count). The first-order valence-electron chi connectivity index (χ1n) is 6.98. The lowest BCUT2D eigenvalue weighted by atomic mass is 10.2. The van der Waals surface area contributed by atoms with Gasteiger partial charge in [-0.15, -0.1) is 0 Å². The molecule has 0 bridgehead atoms. The average molecular weight is 253 g/mol. The van der Waals surface area contributed by atoms with Gasteiger partial charge in [0.05, 0.1) is 12.6 Å². The summed E-state index contributed by atoms with van der Waals surface area (Å²) in [5.74, 6) is -0.0147. The number of hydrogen-bond donors (Lipinski definition) is 3. The number of hydrogen-bond acceptors (Lipinski definition) is 3. The number of rotatable bonds is 6. The minimum Gasteiger partial charge on any atom is -0.352 e. The molecule has 2 aliphatic rings. The van der Waals surface area contributed by atoms with Gasteiger partial charge in [-0.3, -0.25) is 14.9 Å². The van der Waals surface area contributed by atoms with Crippen molar-refractivity contribution in [2.45, 2.75) is 63.6 Å². The molecule has 2 amide bonds. The van der Waals surface area contributed by atoms with Gasteiger partial charge in [0.1, 0.15) is 0 Å². The van der Waals surface area contributed by atoms with Crippen LogP contribution in [-0.2, 0) is 9.59 Å². The molecule has 102 valence electrons. The predicted molar refractivity (Wildman–Crippen MR) is 69.0 cm³/mol. The second-order valence-electron chi connectivity index (χ2n) is 5.43. The summed E-state index contributed by atoms with van der Waals surface area (Å²) in [6.45, 7) is 2.01. The number of carbonyl (C=O) groups excluding carboxylic acids is 2. The summed E-state index contributed by atoms with van der Waals surface area (Å²) < 4.78 is 0. The van der Waals surface area contributed by atoms with E-state index in [0.29, 0.717) is 12.1 Å². The van der Waals surface area contributed by atoms with Crippen LogP contribution in [0.4, 0.5) is 0 Å². The van der Waals surface area contributed by atoms with Crippen LogP contribution in [0.2, 0.25) is 0 Å². The lowest BCUT2D eigenvalue weighted by Crippen LogP contribution is -2.47. The lowest BCUT2D eigenvalue weighted by Gasteiger charge is -2.15. The van der Waals surface area contributed by atoms with Gasteiger partial charge in [0.2, 0.25) is 11.8 Å². The van der Waals surface area contributed by atoms with E-state index in [1.54, 1.807) is 6.92 Å². The number of amides is 2. The Morgan fingerprint density at radius 2 is 1.67 bits per heavy atom. The summed E-state index contributed by atoms with van der Waals surface area (Å²) in [6.07, 6.45) is 6.76. The molecule has 0 heterocycles. The third kappa shape index (κ3) is 4.29. The van der Waals surface area contributed by atoms with E-state index in [2.05, 4.69) is 16.0 Å². The highest BCUT2D eigenvalue weighted by molar-refractivity contribution is 5.83. The van der Waals surface area contributed by atoms with Crippen LogP contribution in [0.25, 0.3) is 0 Å². The molecule has 2 saturated carbocycles. The van der Waals surface area contributed by atoms with Crippen molar-refractivity contribution in [2.75, 3.05) is 6.54 Å². The van der Waals surface area contributed by atoms with Crippen molar-refractivity contribution < 1.29 is 9.59 Å². The SMILES string of the molecule is CC(NCC(=O)NC1CCCC1)C(=O)NC1CC1. The van der Waals surface area contributed by atoms with Crippen LogP contribution in [0.1, 0.15) is 45.4 Å². The summed E-state index contributed by atoms with van der Waals surface area (Å²) >= 11 is 0. The van der Waals surface area contributed by atoms with E-state index < -0.39 is 0 Å². The molecule has 0 radical (unpaired) electrons. The van der Waals surface area contributed by atoms with E-state index in [4.69, 9.17) is 0 Å². The molecule has 0 aliphatic heterocycles. The maximum absolute atomic E-state index is 11.7. The molecular formula is C13H23N3O2. The normalized spacial score (nSPS) is 21.6. The maximum atomic E-state index is 11.7. The van der Waals surface area contributed by atoms with Crippen LogP contribution in [0, 0.1) is 0 Å². The second-order valence-corrected chi connectivity index (χ2v) is 5.43. The zero-order chi connectivity index (χ0) is 13.0. The summed E-state index contributed by atoms with van der Waals surface area (Å²) in [7, 11) is 0. The van der Waals surface area contributed by atoms with Gasteiger partial charge >= 0.3 is 0 Å². The van der Waals surface area contributed by atoms with Gasteiger partial charge < -0.3 is 10.6 Å². The Bertz CT molecular complexity index is 309. The molecule has 0 aromatic rings. The Kier molecular flexibility index (Phi) is 4.58. The molecule has 0 spiro atoms. The van der Waals surface area contributed by atoms with Crippen LogP contribution < -0.4 is 16.0 Å². The first-order valence-corrected chi connectivity index (χ1v) is 6.98. The Balaban J connectivity index is 1.60. The molecule has 3 N–H and O–H groups in total. The molecule has 0 aromatic heterocycles. The van der Waals surface area contributed by atoms with Gasteiger partial charge in [0, 0.05) is 12.1 Å². The Morgan fingerprint density at radius 3 is 2.28 bits per heavy atom. The fraction of sp³-hybridized carbons (Fsp3) is 0.846. The van der Waals surface area contributed by atoms with Crippen molar-refractivity contribution in [2.24, 2.45) is 0 Å². The largest absolute Gasteiger partial charge is 0.352 e. The van der Waals surface area contributed by atoms with E-state index >= 15 is 0 Å². The maximum Gasteiger partial charge on any atom is 0.237 e. The first kappa shape index (κ1) is 13.3. The van der Waals surface area contributed by atoms with E-state index in [1.165, 1.54) is 12.8 Å². The molecule has 5 heteroatoms. The zero-order valence-corrected chi connectivity index (χ0v) is 11.0. The van der Waals surface area contributed by atoms with Crippen molar-refractivity contribution in [3.8, 4) is 0 Å². The topological polar surface area (TPSA) is 70.2 Å². The number of carbonyl (C=O) groups is 2. The quantitative estimate of drug-likeness (QED) is 0.638. The van der Waals surface area contributed by atoms with Gasteiger partial charge in [-0.2, -0.15) is 0 Å². The third-order valence-corrected chi connectivity index (χ3v) is 3.61. The molecule has 2 aliphatic carbocycles. The minimum atomic E-state index is -0.306. The van der Waals surface area contributed by atoms with Gasteiger partial charge in [-0.25, -0.2) is 0 Å². The van der Waals surface area contributed by atoms with E-state index in [9.17, 15) is 9.59 Å². The smallest absolute Gasteiger partial charge is 0.237 e. The minimum absolute atomic E-state index is 0.00651. The molecular weight excluding hydrogens is 230 g/mol. The van der Waals surface area contributed by atoms with Gasteiger partial charge in [-0.1, -0.05) is 12.8 Å². The molecule has 18 heavy (non-hydrogen) atoms. The molecule has 2 fully saturated rings. The number of nitrogens with one attached hydrogen (secondary N) is 3. The summed E-state index contributed by atoms with van der Waals surface area (Å²) in [6, 6.07) is 0.406. The fourth-order valence-corrected chi connectivity index (χ4v) is 2.24.